The van der Waals surface area contributed by atoms with Crippen LogP contribution in [0.1, 0.15) is 80.2 Å². The second kappa shape index (κ2) is 12.4. The monoisotopic (exact) mass is 530 g/mol. The third-order valence-electron chi connectivity index (χ3n) is 7.24. The Morgan fingerprint density at radius 3 is 2.74 bits per heavy atom. The molecule has 6 nitrogen and oxygen atoms in total. The molecule has 0 spiro atoms. The van der Waals surface area contributed by atoms with E-state index in [9.17, 15) is 0 Å². The van der Waals surface area contributed by atoms with E-state index >= 15 is 0 Å². The van der Waals surface area contributed by atoms with Crippen LogP contribution in [0.2, 0.25) is 0 Å². The first-order valence-electron chi connectivity index (χ1n) is 13.5. The summed E-state index contributed by atoms with van der Waals surface area (Å²) in [6.45, 7) is 11.4. The number of aryl methyl sites for hydroxylation is 1. The fourth-order valence-corrected chi connectivity index (χ4v) is 5.60. The van der Waals surface area contributed by atoms with Gasteiger partial charge in [0.25, 0.3) is 0 Å². The maximum absolute atomic E-state index is 6.75. The molecule has 0 bridgehead atoms. The number of rotatable bonds is 10. The van der Waals surface area contributed by atoms with Crippen molar-refractivity contribution in [2.45, 2.75) is 65.7 Å². The minimum Gasteiger partial charge on any atom is -0.404 e. The molecule has 1 aromatic carbocycles. The van der Waals surface area contributed by atoms with Crippen LogP contribution in [0, 0.1) is 5.92 Å². The van der Waals surface area contributed by atoms with Crippen molar-refractivity contribution in [3.05, 3.63) is 87.6 Å². The van der Waals surface area contributed by atoms with Crippen LogP contribution in [0.5, 0.6) is 0 Å². The van der Waals surface area contributed by atoms with Crippen LogP contribution < -0.4 is 5.73 Å². The number of alkyl halides is 1. The number of aliphatic imine (C=N–C) groups is 2. The molecule has 38 heavy (non-hydrogen) atoms. The first kappa shape index (κ1) is 27.6. The highest BCUT2D eigenvalue weighted by molar-refractivity contribution is 6.21. The summed E-state index contributed by atoms with van der Waals surface area (Å²) in [5.74, 6) is 0.324. The summed E-state index contributed by atoms with van der Waals surface area (Å²) in [4.78, 5) is 12.3. The van der Waals surface area contributed by atoms with E-state index in [0.29, 0.717) is 12.5 Å². The van der Waals surface area contributed by atoms with Crippen LogP contribution in [0.15, 0.2) is 63.9 Å². The second-order valence-electron chi connectivity index (χ2n) is 10.0. The van der Waals surface area contributed by atoms with Gasteiger partial charge in [-0.3, -0.25) is 4.99 Å². The van der Waals surface area contributed by atoms with E-state index in [0.717, 1.165) is 48.3 Å². The maximum Gasteiger partial charge on any atom is 0.109 e. The standard InChI is InChI=1S/C31H39ClN6/c1-6-22-10-8-9-11-28(22)38-31(29-21(5)16-26(32)30-25(29)12-15-36-30)24(7-2)27(37-38)13-14-34-19-35-18-23(17-33)20(3)4/h8-12,15,17-20,26,36H,6-7,13-14,16,33H2,1-5H3. The number of nitrogens with zero attached hydrogens (tertiary/aromatic N) is 4. The summed E-state index contributed by atoms with van der Waals surface area (Å²) >= 11 is 6.75. The van der Waals surface area contributed by atoms with Gasteiger partial charge in [0.2, 0.25) is 0 Å². The Bertz CT molecular complexity index is 1380. The first-order valence-corrected chi connectivity index (χ1v) is 14.0. The van der Waals surface area contributed by atoms with Gasteiger partial charge in [-0.25, -0.2) is 9.67 Å². The summed E-state index contributed by atoms with van der Waals surface area (Å²) < 4.78 is 2.17. The number of halogens is 1. The zero-order valence-corrected chi connectivity index (χ0v) is 23.9. The molecule has 4 rings (SSSR count). The Balaban J connectivity index is 1.76. The van der Waals surface area contributed by atoms with Crippen molar-refractivity contribution >= 4 is 29.7 Å². The van der Waals surface area contributed by atoms with Gasteiger partial charge < -0.3 is 10.7 Å². The van der Waals surface area contributed by atoms with Crippen molar-refractivity contribution in [2.24, 2.45) is 21.6 Å². The Morgan fingerprint density at radius 2 is 2.03 bits per heavy atom. The van der Waals surface area contributed by atoms with Crippen molar-refractivity contribution in [3.8, 4) is 5.69 Å². The average Bonchev–Trinajstić information content (AvgIpc) is 3.53. The maximum atomic E-state index is 6.75. The molecule has 0 radical (unpaired) electrons. The molecule has 1 aliphatic rings. The molecule has 200 valence electrons. The van der Waals surface area contributed by atoms with E-state index < -0.39 is 0 Å². The molecule has 0 saturated carbocycles. The smallest absolute Gasteiger partial charge is 0.109 e. The van der Waals surface area contributed by atoms with Crippen molar-refractivity contribution in [3.63, 3.8) is 0 Å². The van der Waals surface area contributed by atoms with E-state index in [1.807, 2.05) is 6.20 Å². The van der Waals surface area contributed by atoms with Crippen LogP contribution in [0.3, 0.4) is 0 Å². The highest BCUT2D eigenvalue weighted by Crippen LogP contribution is 2.44. The second-order valence-corrected chi connectivity index (χ2v) is 10.6. The molecule has 1 unspecified atom stereocenters. The van der Waals surface area contributed by atoms with Crippen LogP contribution in [0.25, 0.3) is 11.3 Å². The average molecular weight is 531 g/mol. The summed E-state index contributed by atoms with van der Waals surface area (Å²) in [7, 11) is 0. The van der Waals surface area contributed by atoms with E-state index in [-0.39, 0.29) is 5.38 Å². The Hall–Kier alpha value is -3.38. The van der Waals surface area contributed by atoms with Gasteiger partial charge in [0.1, 0.15) is 6.34 Å². The lowest BCUT2D eigenvalue weighted by Crippen LogP contribution is -2.12. The largest absolute Gasteiger partial charge is 0.404 e. The van der Waals surface area contributed by atoms with Crippen LogP contribution >= 0.6 is 11.6 Å². The van der Waals surface area contributed by atoms with Crippen molar-refractivity contribution in [1.29, 1.82) is 0 Å². The predicted octanol–water partition coefficient (Wildman–Crippen LogP) is 6.97. The Labute approximate surface area is 231 Å². The highest BCUT2D eigenvalue weighted by atomic mass is 35.5. The molecule has 0 fully saturated rings. The molecule has 7 heteroatoms. The Morgan fingerprint density at radius 1 is 1.24 bits per heavy atom. The molecule has 0 saturated heterocycles. The number of para-hydroxylation sites is 1. The lowest BCUT2D eigenvalue weighted by Gasteiger charge is -2.24. The summed E-state index contributed by atoms with van der Waals surface area (Å²) in [5, 5.41) is 5.18. The summed E-state index contributed by atoms with van der Waals surface area (Å²) in [5.41, 5.74) is 17.4. The number of aromatic nitrogens is 3. The van der Waals surface area contributed by atoms with Crippen LogP contribution in [-0.2, 0) is 19.3 Å². The zero-order valence-electron chi connectivity index (χ0n) is 23.1. The van der Waals surface area contributed by atoms with Gasteiger partial charge in [0, 0.05) is 47.8 Å². The quantitative estimate of drug-likeness (QED) is 0.168. The fraction of sp³-hybridized carbons (Fsp3) is 0.387. The number of allylic oxidation sites excluding steroid dienone is 2. The number of nitrogens with one attached hydrogen (secondary N) is 1. The molecule has 1 aliphatic carbocycles. The SMILES string of the molecule is CCc1ccccc1-n1nc(CCN=CN=CC(=CN)C(C)C)c(CC)c1C1=C(C)CC(Cl)c2[nH]ccc21. The molecule has 0 amide bonds. The Kier molecular flexibility index (Phi) is 9.05. The van der Waals surface area contributed by atoms with E-state index in [4.69, 9.17) is 22.4 Å². The van der Waals surface area contributed by atoms with Crippen LogP contribution in [-0.4, -0.2) is 33.9 Å². The number of aromatic amines is 1. The van der Waals surface area contributed by atoms with Crippen molar-refractivity contribution in [2.75, 3.05) is 6.54 Å². The van der Waals surface area contributed by atoms with Crippen LogP contribution in [0.4, 0.5) is 0 Å². The molecule has 1 atom stereocenters. The minimum atomic E-state index is -0.0483. The van der Waals surface area contributed by atoms with Gasteiger partial charge >= 0.3 is 0 Å². The molecule has 2 heterocycles. The number of hydrogen-bond acceptors (Lipinski definition) is 3. The summed E-state index contributed by atoms with van der Waals surface area (Å²) in [6, 6.07) is 10.7. The number of hydrogen-bond donors (Lipinski definition) is 2. The third-order valence-corrected chi connectivity index (χ3v) is 7.61. The zero-order chi connectivity index (χ0) is 27.2. The topological polar surface area (TPSA) is 84.3 Å². The van der Waals surface area contributed by atoms with Gasteiger partial charge in [-0.15, -0.1) is 11.6 Å². The van der Waals surface area contributed by atoms with E-state index in [1.54, 1.807) is 18.8 Å². The van der Waals surface area contributed by atoms with Gasteiger partial charge in [-0.1, -0.05) is 51.5 Å². The molecule has 3 N–H and O–H groups in total. The third kappa shape index (κ3) is 5.56. The van der Waals surface area contributed by atoms with Crippen molar-refractivity contribution in [1.82, 2.24) is 14.8 Å². The van der Waals surface area contributed by atoms with Crippen molar-refractivity contribution < 1.29 is 0 Å². The first-order chi connectivity index (χ1) is 18.4. The normalized spacial score (nSPS) is 16.4. The minimum absolute atomic E-state index is 0.0483. The van der Waals surface area contributed by atoms with E-state index in [2.05, 4.69) is 84.6 Å². The number of benzene rings is 1. The van der Waals surface area contributed by atoms with E-state index in [1.165, 1.54) is 33.5 Å². The lowest BCUT2D eigenvalue weighted by atomic mass is 9.86. The molecule has 3 aromatic rings. The molecule has 2 aromatic heterocycles. The lowest BCUT2D eigenvalue weighted by molar-refractivity contribution is 0.799. The van der Waals surface area contributed by atoms with Gasteiger partial charge in [0.05, 0.1) is 22.5 Å². The molecular weight excluding hydrogens is 492 g/mol. The number of fused-ring (bicyclic) bond motifs is 1. The van der Waals surface area contributed by atoms with Gasteiger partial charge in [-0.05, 0) is 61.6 Å². The molecule has 0 aliphatic heterocycles. The number of H-pyrrole nitrogens is 1. The van der Waals surface area contributed by atoms with Gasteiger partial charge in [0.15, 0.2) is 0 Å². The predicted molar refractivity (Wildman–Crippen MR) is 161 cm³/mol. The molecular formula is C31H39ClN6. The highest BCUT2D eigenvalue weighted by Gasteiger charge is 2.30. The fourth-order valence-electron chi connectivity index (χ4n) is 5.19. The number of nitrogens with two attached hydrogens (primary N) is 1. The summed E-state index contributed by atoms with van der Waals surface area (Å²) in [6.07, 6.45) is 10.3. The van der Waals surface area contributed by atoms with Gasteiger partial charge in [-0.2, -0.15) is 5.10 Å².